The smallest absolute Gasteiger partial charge is 0.319 e. The number of benzene rings is 1. The largest absolute Gasteiger partial charge is 0.334 e. The van der Waals surface area contributed by atoms with Crippen molar-refractivity contribution in [2.45, 2.75) is 6.54 Å². The fraction of sp³-hybridized carbons (Fsp3) is 0.111. The van der Waals surface area contributed by atoms with Gasteiger partial charge < -0.3 is 10.6 Å². The van der Waals surface area contributed by atoms with Gasteiger partial charge in [-0.05, 0) is 24.3 Å². The number of aromatic amines is 1. The molecular formula is C18H17N7O. The van der Waals surface area contributed by atoms with Gasteiger partial charge >= 0.3 is 6.03 Å². The highest BCUT2D eigenvalue weighted by molar-refractivity contribution is 5.92. The van der Waals surface area contributed by atoms with E-state index < -0.39 is 0 Å². The van der Waals surface area contributed by atoms with Crippen molar-refractivity contribution in [1.82, 2.24) is 30.3 Å². The number of aryl methyl sites for hydroxylation is 1. The Morgan fingerprint density at radius 1 is 1.23 bits per heavy atom. The van der Waals surface area contributed by atoms with Crippen LogP contribution in [0.3, 0.4) is 0 Å². The number of nitrogens with one attached hydrogen (secondary N) is 3. The van der Waals surface area contributed by atoms with E-state index in [1.165, 1.54) is 0 Å². The molecule has 3 heterocycles. The van der Waals surface area contributed by atoms with Gasteiger partial charge in [0.15, 0.2) is 0 Å². The number of pyridine rings is 1. The molecule has 0 saturated carbocycles. The Bertz CT molecular complexity index is 1040. The number of amides is 2. The Labute approximate surface area is 149 Å². The van der Waals surface area contributed by atoms with Crippen molar-refractivity contribution in [2.75, 3.05) is 5.32 Å². The highest BCUT2D eigenvalue weighted by Crippen LogP contribution is 2.26. The molecule has 0 radical (unpaired) electrons. The molecule has 0 aliphatic heterocycles. The predicted molar refractivity (Wildman–Crippen MR) is 98.4 cm³/mol. The lowest BCUT2D eigenvalue weighted by Gasteiger charge is -2.07. The molecule has 0 spiro atoms. The minimum Gasteiger partial charge on any atom is -0.334 e. The van der Waals surface area contributed by atoms with Crippen LogP contribution in [0.4, 0.5) is 10.5 Å². The van der Waals surface area contributed by atoms with E-state index >= 15 is 0 Å². The highest BCUT2D eigenvalue weighted by Gasteiger charge is 2.11. The average Bonchev–Trinajstić information content (AvgIpc) is 3.29. The second-order valence-electron chi connectivity index (χ2n) is 5.83. The molecule has 8 heteroatoms. The molecule has 0 unspecified atom stereocenters. The lowest BCUT2D eigenvalue weighted by atomic mass is 10.1. The molecule has 4 aromatic rings. The zero-order valence-electron chi connectivity index (χ0n) is 14.1. The van der Waals surface area contributed by atoms with Crippen LogP contribution in [0.15, 0.2) is 55.0 Å². The van der Waals surface area contributed by atoms with Gasteiger partial charge in [-0.3, -0.25) is 14.8 Å². The highest BCUT2D eigenvalue weighted by atomic mass is 16.2. The summed E-state index contributed by atoms with van der Waals surface area (Å²) in [5, 5.41) is 16.7. The Kier molecular flexibility index (Phi) is 4.06. The Balaban J connectivity index is 1.47. The van der Waals surface area contributed by atoms with Gasteiger partial charge in [0.05, 0.1) is 11.7 Å². The number of aromatic nitrogens is 5. The summed E-state index contributed by atoms with van der Waals surface area (Å²) >= 11 is 0. The van der Waals surface area contributed by atoms with Crippen molar-refractivity contribution in [1.29, 1.82) is 0 Å². The van der Waals surface area contributed by atoms with Crippen molar-refractivity contribution in [2.24, 2.45) is 7.05 Å². The van der Waals surface area contributed by atoms with Gasteiger partial charge in [0.25, 0.3) is 0 Å². The van der Waals surface area contributed by atoms with Crippen LogP contribution in [0, 0.1) is 0 Å². The Morgan fingerprint density at radius 2 is 2.08 bits per heavy atom. The van der Waals surface area contributed by atoms with E-state index in [1.807, 2.05) is 48.1 Å². The number of hydrogen-bond donors (Lipinski definition) is 3. The van der Waals surface area contributed by atoms with E-state index in [4.69, 9.17) is 0 Å². The van der Waals surface area contributed by atoms with Gasteiger partial charge in [0.1, 0.15) is 11.2 Å². The molecule has 26 heavy (non-hydrogen) atoms. The number of fused-ring (bicyclic) bond motifs is 1. The second-order valence-corrected chi connectivity index (χ2v) is 5.83. The van der Waals surface area contributed by atoms with Crippen LogP contribution in [0.2, 0.25) is 0 Å². The number of nitrogens with zero attached hydrogens (tertiary/aromatic N) is 4. The van der Waals surface area contributed by atoms with E-state index in [9.17, 15) is 4.79 Å². The van der Waals surface area contributed by atoms with Crippen molar-refractivity contribution >= 4 is 22.8 Å². The van der Waals surface area contributed by atoms with E-state index in [0.717, 1.165) is 27.9 Å². The van der Waals surface area contributed by atoms with Gasteiger partial charge in [-0.2, -0.15) is 10.2 Å². The van der Waals surface area contributed by atoms with E-state index in [0.29, 0.717) is 12.2 Å². The molecule has 3 aromatic heterocycles. The molecule has 3 N–H and O–H groups in total. The van der Waals surface area contributed by atoms with Crippen LogP contribution in [0.1, 0.15) is 5.56 Å². The molecule has 130 valence electrons. The van der Waals surface area contributed by atoms with E-state index in [1.54, 1.807) is 18.6 Å². The molecule has 0 atom stereocenters. The van der Waals surface area contributed by atoms with Crippen molar-refractivity contribution in [3.8, 4) is 11.3 Å². The standard InChI is InChI=1S/C18H17N7O/c1-25-15-3-2-8-19-17(15)16(24-25)13-4-6-14(7-5-13)23-18(26)20-9-12-10-21-22-11-12/h2-8,10-11H,9H2,1H3,(H,21,22)(H2,20,23,26). The Morgan fingerprint density at radius 3 is 2.85 bits per heavy atom. The molecule has 4 rings (SSSR count). The zero-order chi connectivity index (χ0) is 17.9. The van der Waals surface area contributed by atoms with Crippen molar-refractivity contribution < 1.29 is 4.79 Å². The minimum absolute atomic E-state index is 0.274. The first-order chi connectivity index (χ1) is 12.7. The van der Waals surface area contributed by atoms with Crippen LogP contribution >= 0.6 is 0 Å². The van der Waals surface area contributed by atoms with Crippen molar-refractivity contribution in [3.63, 3.8) is 0 Å². The summed E-state index contributed by atoms with van der Waals surface area (Å²) in [7, 11) is 1.90. The third kappa shape index (κ3) is 3.12. The number of carbonyl (C=O) groups excluding carboxylic acids is 1. The SMILES string of the molecule is Cn1nc(-c2ccc(NC(=O)NCc3cn[nH]c3)cc2)c2ncccc21. The summed E-state index contributed by atoms with van der Waals surface area (Å²) in [5.41, 5.74) is 5.20. The molecule has 0 fully saturated rings. The van der Waals surface area contributed by atoms with Gasteiger partial charge in [-0.1, -0.05) is 12.1 Å². The molecule has 0 saturated heterocycles. The predicted octanol–water partition coefficient (Wildman–Crippen LogP) is 2.68. The van der Waals surface area contributed by atoms with Crippen LogP contribution in [-0.2, 0) is 13.6 Å². The van der Waals surface area contributed by atoms with Crippen LogP contribution in [-0.4, -0.2) is 31.0 Å². The average molecular weight is 347 g/mol. The quantitative estimate of drug-likeness (QED) is 0.528. The summed E-state index contributed by atoms with van der Waals surface area (Å²) in [6.45, 7) is 0.409. The van der Waals surface area contributed by atoms with Gasteiger partial charge in [0.2, 0.25) is 0 Å². The molecule has 8 nitrogen and oxygen atoms in total. The van der Waals surface area contributed by atoms with Crippen LogP contribution in [0.5, 0.6) is 0 Å². The number of hydrogen-bond acceptors (Lipinski definition) is 4. The maximum atomic E-state index is 12.0. The maximum absolute atomic E-state index is 12.0. The molecule has 2 amide bonds. The molecule has 0 aliphatic carbocycles. The summed E-state index contributed by atoms with van der Waals surface area (Å²) < 4.78 is 1.81. The zero-order valence-corrected chi connectivity index (χ0v) is 14.1. The summed E-state index contributed by atoms with van der Waals surface area (Å²) in [6.07, 6.45) is 5.16. The monoisotopic (exact) mass is 347 g/mol. The number of H-pyrrole nitrogens is 1. The molecule has 0 aliphatic rings. The first-order valence-electron chi connectivity index (χ1n) is 8.11. The lowest BCUT2D eigenvalue weighted by Crippen LogP contribution is -2.27. The number of urea groups is 1. The topological polar surface area (TPSA) is 101 Å². The number of anilines is 1. The fourth-order valence-corrected chi connectivity index (χ4v) is 2.73. The molecule has 0 bridgehead atoms. The third-order valence-electron chi connectivity index (χ3n) is 4.03. The van der Waals surface area contributed by atoms with E-state index in [-0.39, 0.29) is 6.03 Å². The van der Waals surface area contributed by atoms with Gasteiger partial charge in [-0.25, -0.2) is 4.79 Å². The van der Waals surface area contributed by atoms with Gasteiger partial charge in [0, 0.05) is 42.8 Å². The summed E-state index contributed by atoms with van der Waals surface area (Å²) in [5.74, 6) is 0. The van der Waals surface area contributed by atoms with Crippen LogP contribution in [0.25, 0.3) is 22.3 Å². The first kappa shape index (κ1) is 15.8. The normalized spacial score (nSPS) is 10.8. The maximum Gasteiger partial charge on any atom is 0.319 e. The number of carbonyl (C=O) groups is 1. The summed E-state index contributed by atoms with van der Waals surface area (Å²) in [4.78, 5) is 16.4. The third-order valence-corrected chi connectivity index (χ3v) is 4.03. The lowest BCUT2D eigenvalue weighted by molar-refractivity contribution is 0.251. The molecular weight excluding hydrogens is 330 g/mol. The van der Waals surface area contributed by atoms with Crippen LogP contribution < -0.4 is 10.6 Å². The first-order valence-corrected chi connectivity index (χ1v) is 8.11. The molecule has 1 aromatic carbocycles. The minimum atomic E-state index is -0.274. The Hall–Kier alpha value is -3.68. The summed E-state index contributed by atoms with van der Waals surface area (Å²) in [6, 6.07) is 11.1. The second kappa shape index (κ2) is 6.67. The van der Waals surface area contributed by atoms with Gasteiger partial charge in [-0.15, -0.1) is 0 Å². The van der Waals surface area contributed by atoms with E-state index in [2.05, 4.69) is 30.9 Å². The number of rotatable bonds is 4. The van der Waals surface area contributed by atoms with Crippen molar-refractivity contribution in [3.05, 3.63) is 60.6 Å². The fourth-order valence-electron chi connectivity index (χ4n) is 2.73.